The molecular weight excluding hydrogens is 224 g/mol. The summed E-state index contributed by atoms with van der Waals surface area (Å²) in [6.45, 7) is 2.15. The summed E-state index contributed by atoms with van der Waals surface area (Å²) in [5, 5.41) is 3.10. The average molecular weight is 242 g/mol. The highest BCUT2D eigenvalue weighted by atomic mass is 14.8. The van der Waals surface area contributed by atoms with E-state index in [2.05, 4.69) is 34.4 Å². The molecule has 1 atom stereocenters. The number of allylic oxidation sites excluding steroid dienone is 4. The number of aliphatic imine (C=N–C) groups is 1. The van der Waals surface area contributed by atoms with Crippen LogP contribution in [-0.2, 0) is 0 Å². The summed E-state index contributed by atoms with van der Waals surface area (Å²) in [6.07, 6.45) is 10.1. The predicted molar refractivity (Wildman–Crippen MR) is 76.3 cm³/mol. The van der Waals surface area contributed by atoms with Crippen LogP contribution in [0.25, 0.3) is 5.57 Å². The van der Waals surface area contributed by atoms with Crippen molar-refractivity contribution in [2.24, 2.45) is 16.6 Å². The molecular formula is C14H18N4. The number of nitrogens with two attached hydrogens (primary N) is 1. The van der Waals surface area contributed by atoms with Crippen molar-refractivity contribution in [3.63, 3.8) is 0 Å². The number of anilines is 1. The van der Waals surface area contributed by atoms with Gasteiger partial charge in [0.1, 0.15) is 0 Å². The fraction of sp³-hybridized carbons (Fsp3) is 0.286. The van der Waals surface area contributed by atoms with E-state index in [1.807, 2.05) is 25.5 Å². The van der Waals surface area contributed by atoms with Gasteiger partial charge in [0.25, 0.3) is 0 Å². The molecule has 4 nitrogen and oxygen atoms in total. The van der Waals surface area contributed by atoms with Gasteiger partial charge < -0.3 is 11.1 Å². The Morgan fingerprint density at radius 3 is 2.94 bits per heavy atom. The SMILES string of the molecule is CNc1cncc(C2=CC=C(N=CN)C(C)C2)c1. The third-order valence-corrected chi connectivity index (χ3v) is 3.11. The summed E-state index contributed by atoms with van der Waals surface area (Å²) in [7, 11) is 1.90. The molecule has 0 bridgehead atoms. The van der Waals surface area contributed by atoms with E-state index in [0.29, 0.717) is 5.92 Å². The van der Waals surface area contributed by atoms with Gasteiger partial charge in [-0.3, -0.25) is 4.98 Å². The summed E-state index contributed by atoms with van der Waals surface area (Å²) in [5.74, 6) is 0.378. The summed E-state index contributed by atoms with van der Waals surface area (Å²) >= 11 is 0. The fourth-order valence-corrected chi connectivity index (χ4v) is 2.08. The zero-order valence-electron chi connectivity index (χ0n) is 10.7. The third kappa shape index (κ3) is 2.59. The number of pyridine rings is 1. The molecule has 0 radical (unpaired) electrons. The van der Waals surface area contributed by atoms with Crippen molar-refractivity contribution in [2.75, 3.05) is 12.4 Å². The van der Waals surface area contributed by atoms with Gasteiger partial charge in [0.2, 0.25) is 0 Å². The smallest absolute Gasteiger partial charge is 0.0856 e. The van der Waals surface area contributed by atoms with Gasteiger partial charge in [-0.1, -0.05) is 13.0 Å². The van der Waals surface area contributed by atoms with Crippen LogP contribution < -0.4 is 11.1 Å². The van der Waals surface area contributed by atoms with E-state index in [-0.39, 0.29) is 0 Å². The summed E-state index contributed by atoms with van der Waals surface area (Å²) < 4.78 is 0. The lowest BCUT2D eigenvalue weighted by atomic mass is 9.89. The van der Waals surface area contributed by atoms with Crippen LogP contribution in [0, 0.1) is 5.92 Å². The molecule has 0 saturated carbocycles. The second kappa shape index (κ2) is 5.49. The van der Waals surface area contributed by atoms with Gasteiger partial charge in [0.15, 0.2) is 0 Å². The van der Waals surface area contributed by atoms with Crippen molar-refractivity contribution < 1.29 is 0 Å². The Hall–Kier alpha value is -2.10. The maximum atomic E-state index is 5.33. The van der Waals surface area contributed by atoms with Crippen LogP contribution in [-0.4, -0.2) is 18.4 Å². The lowest BCUT2D eigenvalue weighted by Crippen LogP contribution is -2.05. The molecule has 0 aliphatic heterocycles. The molecule has 1 unspecified atom stereocenters. The molecule has 0 spiro atoms. The van der Waals surface area contributed by atoms with Crippen LogP contribution in [0.2, 0.25) is 0 Å². The zero-order valence-corrected chi connectivity index (χ0v) is 10.7. The normalized spacial score (nSPS) is 19.6. The van der Waals surface area contributed by atoms with E-state index in [0.717, 1.165) is 23.4 Å². The van der Waals surface area contributed by atoms with Crippen molar-refractivity contribution in [3.05, 3.63) is 41.9 Å². The molecule has 0 amide bonds. The van der Waals surface area contributed by atoms with Crippen LogP contribution in [0.4, 0.5) is 5.69 Å². The highest BCUT2D eigenvalue weighted by Gasteiger charge is 2.15. The molecule has 1 heterocycles. The summed E-state index contributed by atoms with van der Waals surface area (Å²) in [5.41, 5.74) is 9.82. The Morgan fingerprint density at radius 1 is 1.44 bits per heavy atom. The lowest BCUT2D eigenvalue weighted by Gasteiger charge is -2.19. The number of aromatic nitrogens is 1. The van der Waals surface area contributed by atoms with Gasteiger partial charge in [-0.2, -0.15) is 0 Å². The van der Waals surface area contributed by atoms with E-state index in [1.54, 1.807) is 0 Å². The Balaban J connectivity index is 2.29. The largest absolute Gasteiger partial charge is 0.390 e. The number of hydrogen-bond donors (Lipinski definition) is 2. The highest BCUT2D eigenvalue weighted by Crippen LogP contribution is 2.31. The maximum absolute atomic E-state index is 5.33. The predicted octanol–water partition coefficient (Wildman–Crippen LogP) is 2.42. The van der Waals surface area contributed by atoms with Gasteiger partial charge in [0, 0.05) is 31.1 Å². The van der Waals surface area contributed by atoms with Crippen LogP contribution in [0.1, 0.15) is 18.9 Å². The van der Waals surface area contributed by atoms with Crippen LogP contribution in [0.3, 0.4) is 0 Å². The Bertz CT molecular complexity index is 514. The molecule has 3 N–H and O–H groups in total. The highest BCUT2D eigenvalue weighted by molar-refractivity contribution is 5.71. The van der Waals surface area contributed by atoms with Crippen LogP contribution in [0.5, 0.6) is 0 Å². The first kappa shape index (κ1) is 12.4. The Morgan fingerprint density at radius 2 is 2.28 bits per heavy atom. The van der Waals surface area contributed by atoms with Gasteiger partial charge in [0.05, 0.1) is 12.0 Å². The van der Waals surface area contributed by atoms with Crippen molar-refractivity contribution >= 4 is 17.6 Å². The first-order chi connectivity index (χ1) is 8.74. The summed E-state index contributed by atoms with van der Waals surface area (Å²) in [6, 6.07) is 2.11. The van der Waals surface area contributed by atoms with Crippen molar-refractivity contribution in [1.82, 2.24) is 4.98 Å². The minimum absolute atomic E-state index is 0.378. The molecule has 1 aromatic heterocycles. The molecule has 1 aromatic rings. The minimum atomic E-state index is 0.378. The maximum Gasteiger partial charge on any atom is 0.0856 e. The van der Waals surface area contributed by atoms with Crippen LogP contribution in [0.15, 0.2) is 41.3 Å². The molecule has 4 heteroatoms. The standard InChI is InChI=1S/C14H18N4/c1-10-5-11(3-4-14(10)18-9-15)12-6-13(16-2)8-17-7-12/h3-4,6-10,16H,5H2,1-2H3,(H2,15,18). The number of hydrogen-bond acceptors (Lipinski definition) is 3. The van der Waals surface area contributed by atoms with E-state index in [9.17, 15) is 0 Å². The van der Waals surface area contributed by atoms with Gasteiger partial charge in [-0.25, -0.2) is 4.99 Å². The number of nitrogens with zero attached hydrogens (tertiary/aromatic N) is 2. The average Bonchev–Trinajstić information content (AvgIpc) is 2.41. The molecule has 1 aliphatic rings. The zero-order chi connectivity index (χ0) is 13.0. The van der Waals surface area contributed by atoms with Gasteiger partial charge in [-0.15, -0.1) is 0 Å². The molecule has 0 saturated heterocycles. The van der Waals surface area contributed by atoms with Gasteiger partial charge in [-0.05, 0) is 29.7 Å². The third-order valence-electron chi connectivity index (χ3n) is 3.11. The Kier molecular flexibility index (Phi) is 3.77. The van der Waals surface area contributed by atoms with E-state index in [1.165, 1.54) is 11.9 Å². The molecule has 1 aliphatic carbocycles. The number of nitrogens with one attached hydrogen (secondary N) is 1. The monoisotopic (exact) mass is 242 g/mol. The second-order valence-electron chi connectivity index (χ2n) is 4.38. The molecule has 0 fully saturated rings. The molecule has 18 heavy (non-hydrogen) atoms. The fourth-order valence-electron chi connectivity index (χ4n) is 2.08. The van der Waals surface area contributed by atoms with E-state index in [4.69, 9.17) is 5.73 Å². The first-order valence-electron chi connectivity index (χ1n) is 6.02. The van der Waals surface area contributed by atoms with Crippen LogP contribution >= 0.6 is 0 Å². The molecule has 94 valence electrons. The number of rotatable bonds is 3. The van der Waals surface area contributed by atoms with Gasteiger partial charge >= 0.3 is 0 Å². The Labute approximate surface area is 107 Å². The van der Waals surface area contributed by atoms with E-state index >= 15 is 0 Å². The second-order valence-corrected chi connectivity index (χ2v) is 4.38. The summed E-state index contributed by atoms with van der Waals surface area (Å²) in [4.78, 5) is 8.41. The first-order valence-corrected chi connectivity index (χ1v) is 6.02. The van der Waals surface area contributed by atoms with Crippen molar-refractivity contribution in [3.8, 4) is 0 Å². The van der Waals surface area contributed by atoms with E-state index < -0.39 is 0 Å². The molecule has 2 rings (SSSR count). The van der Waals surface area contributed by atoms with Crippen molar-refractivity contribution in [1.29, 1.82) is 0 Å². The van der Waals surface area contributed by atoms with Crippen molar-refractivity contribution in [2.45, 2.75) is 13.3 Å². The minimum Gasteiger partial charge on any atom is -0.390 e. The topological polar surface area (TPSA) is 63.3 Å². The quantitative estimate of drug-likeness (QED) is 0.632. The molecule has 0 aromatic carbocycles. The lowest BCUT2D eigenvalue weighted by molar-refractivity contribution is 0.689.